The van der Waals surface area contributed by atoms with E-state index in [-0.39, 0.29) is 12.0 Å². The minimum absolute atomic E-state index is 0.148. The van der Waals surface area contributed by atoms with Gasteiger partial charge in [-0.1, -0.05) is 0 Å². The molecule has 2 N–H and O–H groups in total. The lowest BCUT2D eigenvalue weighted by atomic mass is 10.2. The van der Waals surface area contributed by atoms with Gasteiger partial charge in [-0.05, 0) is 31.9 Å². The van der Waals surface area contributed by atoms with Crippen molar-refractivity contribution in [2.45, 2.75) is 25.9 Å². The lowest BCUT2D eigenvalue weighted by molar-refractivity contribution is 0.0854. The Kier molecular flexibility index (Phi) is 4.52. The molecule has 1 aromatic heterocycles. The van der Waals surface area contributed by atoms with Gasteiger partial charge in [0.15, 0.2) is 0 Å². The number of rotatable bonds is 5. The lowest BCUT2D eigenvalue weighted by Gasteiger charge is -2.11. The summed E-state index contributed by atoms with van der Waals surface area (Å²) < 4.78 is 5.45. The Labute approximate surface area is 107 Å². The van der Waals surface area contributed by atoms with Crippen LogP contribution in [0.15, 0.2) is 18.3 Å². The molecule has 1 saturated heterocycles. The van der Waals surface area contributed by atoms with Crippen LogP contribution in [0.1, 0.15) is 30.3 Å². The normalized spacial score (nSPS) is 18.6. The van der Waals surface area contributed by atoms with E-state index in [1.807, 2.05) is 13.0 Å². The zero-order valence-electron chi connectivity index (χ0n) is 10.6. The van der Waals surface area contributed by atoms with E-state index in [2.05, 4.69) is 15.6 Å². The summed E-state index contributed by atoms with van der Waals surface area (Å²) in [7, 11) is 0. The van der Waals surface area contributed by atoms with Gasteiger partial charge in [0.2, 0.25) is 0 Å². The van der Waals surface area contributed by atoms with Gasteiger partial charge >= 0.3 is 0 Å². The summed E-state index contributed by atoms with van der Waals surface area (Å²) in [6.45, 7) is 4.19. The van der Waals surface area contributed by atoms with Gasteiger partial charge < -0.3 is 15.4 Å². The van der Waals surface area contributed by atoms with Gasteiger partial charge in [-0.2, -0.15) is 0 Å². The van der Waals surface area contributed by atoms with Crippen LogP contribution in [0.4, 0.5) is 5.69 Å². The van der Waals surface area contributed by atoms with E-state index in [0.29, 0.717) is 12.2 Å². The minimum Gasteiger partial charge on any atom is -0.385 e. The van der Waals surface area contributed by atoms with Crippen molar-refractivity contribution in [1.29, 1.82) is 0 Å². The molecule has 98 valence electrons. The maximum Gasteiger partial charge on any atom is 0.270 e. The van der Waals surface area contributed by atoms with E-state index in [9.17, 15) is 4.79 Å². The Morgan fingerprint density at radius 3 is 3.22 bits per heavy atom. The fourth-order valence-electron chi connectivity index (χ4n) is 1.97. The monoisotopic (exact) mass is 249 g/mol. The summed E-state index contributed by atoms with van der Waals surface area (Å²) in [6.07, 6.45) is 3.89. The van der Waals surface area contributed by atoms with Crippen LogP contribution >= 0.6 is 0 Å². The summed E-state index contributed by atoms with van der Waals surface area (Å²) in [5.41, 5.74) is 1.35. The maximum atomic E-state index is 11.9. The molecule has 1 aliphatic rings. The molecule has 0 saturated carbocycles. The van der Waals surface area contributed by atoms with Crippen LogP contribution in [0.5, 0.6) is 0 Å². The van der Waals surface area contributed by atoms with E-state index >= 15 is 0 Å². The van der Waals surface area contributed by atoms with Crippen molar-refractivity contribution in [3.05, 3.63) is 24.0 Å². The number of nitrogens with zero attached hydrogens (tertiary/aromatic N) is 1. The maximum absolute atomic E-state index is 11.9. The summed E-state index contributed by atoms with van der Waals surface area (Å²) in [4.78, 5) is 16.0. The Morgan fingerprint density at radius 2 is 2.50 bits per heavy atom. The van der Waals surface area contributed by atoms with Crippen molar-refractivity contribution in [2.75, 3.05) is 25.0 Å². The quantitative estimate of drug-likeness (QED) is 0.828. The number of anilines is 1. The number of hydrogen-bond donors (Lipinski definition) is 2. The van der Waals surface area contributed by atoms with Crippen molar-refractivity contribution in [3.8, 4) is 0 Å². The molecule has 1 fully saturated rings. The van der Waals surface area contributed by atoms with E-state index < -0.39 is 0 Å². The first-order valence-electron chi connectivity index (χ1n) is 6.39. The first-order valence-corrected chi connectivity index (χ1v) is 6.39. The molecule has 1 atom stereocenters. The largest absolute Gasteiger partial charge is 0.385 e. The number of hydrogen-bond acceptors (Lipinski definition) is 4. The van der Waals surface area contributed by atoms with Crippen LogP contribution in [0.2, 0.25) is 0 Å². The molecule has 0 aliphatic carbocycles. The van der Waals surface area contributed by atoms with Crippen LogP contribution in [0, 0.1) is 0 Å². The Balaban J connectivity index is 1.89. The average molecular weight is 249 g/mol. The molecular weight excluding hydrogens is 230 g/mol. The third kappa shape index (κ3) is 3.43. The van der Waals surface area contributed by atoms with Crippen LogP contribution in [0.25, 0.3) is 0 Å². The highest BCUT2D eigenvalue weighted by molar-refractivity contribution is 5.93. The third-order valence-corrected chi connectivity index (χ3v) is 2.89. The smallest absolute Gasteiger partial charge is 0.270 e. The number of nitrogens with one attached hydrogen (secondary N) is 2. The van der Waals surface area contributed by atoms with Gasteiger partial charge in [-0.15, -0.1) is 0 Å². The van der Waals surface area contributed by atoms with Gasteiger partial charge in [0.05, 0.1) is 6.10 Å². The van der Waals surface area contributed by atoms with Crippen molar-refractivity contribution >= 4 is 11.6 Å². The first-order chi connectivity index (χ1) is 8.79. The number of carbonyl (C=O) groups is 1. The van der Waals surface area contributed by atoms with Gasteiger partial charge in [-0.3, -0.25) is 9.78 Å². The highest BCUT2D eigenvalue weighted by Gasteiger charge is 2.17. The van der Waals surface area contributed by atoms with Crippen LogP contribution in [0.3, 0.4) is 0 Å². The molecule has 5 nitrogen and oxygen atoms in total. The molecule has 18 heavy (non-hydrogen) atoms. The van der Waals surface area contributed by atoms with Crippen molar-refractivity contribution < 1.29 is 9.53 Å². The van der Waals surface area contributed by atoms with Gasteiger partial charge in [-0.25, -0.2) is 0 Å². The molecule has 1 aliphatic heterocycles. The highest BCUT2D eigenvalue weighted by Crippen LogP contribution is 2.11. The fraction of sp³-hybridized carbons (Fsp3) is 0.538. The Hall–Kier alpha value is -1.62. The molecule has 2 rings (SSSR count). The number of pyridine rings is 1. The number of carbonyl (C=O) groups excluding carboxylic acids is 1. The number of ether oxygens (including phenoxy) is 1. The molecule has 1 unspecified atom stereocenters. The molecular formula is C13H19N3O2. The summed E-state index contributed by atoms with van der Waals surface area (Å²) in [5.74, 6) is -0.148. The minimum atomic E-state index is -0.148. The van der Waals surface area contributed by atoms with Crippen LogP contribution < -0.4 is 10.6 Å². The SMILES string of the molecule is CCNc1ccnc(C(=O)NCC2CCCO2)c1. The topological polar surface area (TPSA) is 63.2 Å². The predicted octanol–water partition coefficient (Wildman–Crippen LogP) is 1.42. The van der Waals surface area contributed by atoms with Crippen molar-refractivity contribution in [3.63, 3.8) is 0 Å². The van der Waals surface area contributed by atoms with E-state index in [1.165, 1.54) is 0 Å². The zero-order chi connectivity index (χ0) is 12.8. The second kappa shape index (κ2) is 6.35. The average Bonchev–Trinajstić information content (AvgIpc) is 2.90. The zero-order valence-corrected chi connectivity index (χ0v) is 10.6. The first kappa shape index (κ1) is 12.8. The molecule has 0 radical (unpaired) electrons. The van der Waals surface area contributed by atoms with Crippen molar-refractivity contribution in [2.24, 2.45) is 0 Å². The second-order valence-electron chi connectivity index (χ2n) is 4.31. The van der Waals surface area contributed by atoms with Crippen LogP contribution in [-0.2, 0) is 4.74 Å². The van der Waals surface area contributed by atoms with E-state index in [0.717, 1.165) is 31.7 Å². The molecule has 1 amide bonds. The molecule has 0 aromatic carbocycles. The fourth-order valence-corrected chi connectivity index (χ4v) is 1.97. The summed E-state index contributed by atoms with van der Waals surface area (Å²) in [5, 5.41) is 6.01. The highest BCUT2D eigenvalue weighted by atomic mass is 16.5. The lowest BCUT2D eigenvalue weighted by Crippen LogP contribution is -2.32. The second-order valence-corrected chi connectivity index (χ2v) is 4.31. The van der Waals surface area contributed by atoms with E-state index in [1.54, 1.807) is 12.3 Å². The van der Waals surface area contributed by atoms with Crippen molar-refractivity contribution in [1.82, 2.24) is 10.3 Å². The van der Waals surface area contributed by atoms with E-state index in [4.69, 9.17) is 4.74 Å². The van der Waals surface area contributed by atoms with Gasteiger partial charge in [0.25, 0.3) is 5.91 Å². The molecule has 5 heteroatoms. The summed E-state index contributed by atoms with van der Waals surface area (Å²) >= 11 is 0. The predicted molar refractivity (Wildman–Crippen MR) is 69.7 cm³/mol. The molecule has 0 spiro atoms. The van der Waals surface area contributed by atoms with Crippen LogP contribution in [-0.4, -0.2) is 36.7 Å². The molecule has 0 bridgehead atoms. The molecule has 2 heterocycles. The standard InChI is InChI=1S/C13H19N3O2/c1-2-14-10-5-6-15-12(8-10)13(17)16-9-11-4-3-7-18-11/h5-6,8,11H,2-4,7,9H2,1H3,(H,14,15)(H,16,17). The molecule has 1 aromatic rings. The number of aromatic nitrogens is 1. The number of amides is 1. The summed E-state index contributed by atoms with van der Waals surface area (Å²) in [6, 6.07) is 3.61. The Bertz CT molecular complexity index is 403. The van der Waals surface area contributed by atoms with Gasteiger partial charge in [0.1, 0.15) is 5.69 Å². The third-order valence-electron chi connectivity index (χ3n) is 2.89. The van der Waals surface area contributed by atoms with Gasteiger partial charge in [0, 0.05) is 31.6 Å². The Morgan fingerprint density at radius 1 is 1.61 bits per heavy atom.